The minimum atomic E-state index is -0.304. The maximum Gasteiger partial charge on any atom is 0.273 e. The Morgan fingerprint density at radius 3 is 2.67 bits per heavy atom. The summed E-state index contributed by atoms with van der Waals surface area (Å²) in [6.45, 7) is 0. The normalized spacial score (nSPS) is 10.6. The van der Waals surface area contributed by atoms with Crippen molar-refractivity contribution < 1.29 is 4.79 Å². The molecular weight excluding hydrogens is 309 g/mol. The van der Waals surface area contributed by atoms with Gasteiger partial charge in [0.2, 0.25) is 0 Å². The molecule has 0 aliphatic carbocycles. The van der Waals surface area contributed by atoms with Gasteiger partial charge < -0.3 is 5.32 Å². The molecule has 0 atom stereocenters. The van der Waals surface area contributed by atoms with E-state index in [2.05, 4.69) is 15.8 Å². The first kappa shape index (κ1) is 15.4. The number of hydrogen-bond acceptors (Lipinski definition) is 3. The van der Waals surface area contributed by atoms with Gasteiger partial charge in [0.25, 0.3) is 5.91 Å². The maximum absolute atomic E-state index is 12.0. The van der Waals surface area contributed by atoms with Gasteiger partial charge in [-0.3, -0.25) is 4.79 Å². The molecule has 2 N–H and O–H groups in total. The molecule has 0 spiro atoms. The van der Waals surface area contributed by atoms with Crippen LogP contribution < -0.4 is 10.7 Å². The van der Waals surface area contributed by atoms with Gasteiger partial charge in [-0.1, -0.05) is 41.4 Å². The second-order valence-corrected chi connectivity index (χ2v) is 5.00. The van der Waals surface area contributed by atoms with E-state index in [1.165, 1.54) is 6.21 Å². The number of carbonyl (C=O) groups is 1. The standard InChI is InChI=1S/C15H13Cl2N3O/c1-18-14-5-3-2-4-12(14)15(21)20-19-9-10-6-7-11(16)8-13(10)17/h2-9,18H,1H3,(H,20,21)/b19-9+. The van der Waals surface area contributed by atoms with E-state index in [0.29, 0.717) is 21.2 Å². The van der Waals surface area contributed by atoms with Crippen LogP contribution in [-0.4, -0.2) is 19.2 Å². The fourth-order valence-corrected chi connectivity index (χ4v) is 2.18. The molecule has 6 heteroatoms. The van der Waals surface area contributed by atoms with Gasteiger partial charge in [-0.15, -0.1) is 0 Å². The van der Waals surface area contributed by atoms with E-state index in [0.717, 1.165) is 5.69 Å². The van der Waals surface area contributed by atoms with Crippen molar-refractivity contribution in [2.45, 2.75) is 0 Å². The van der Waals surface area contributed by atoms with Gasteiger partial charge in [-0.05, 0) is 24.3 Å². The third-order valence-electron chi connectivity index (χ3n) is 2.77. The molecule has 0 heterocycles. The Labute approximate surface area is 132 Å². The van der Waals surface area contributed by atoms with Crippen molar-refractivity contribution in [3.05, 3.63) is 63.6 Å². The third-order valence-corrected chi connectivity index (χ3v) is 3.34. The minimum Gasteiger partial charge on any atom is -0.387 e. The number of carbonyl (C=O) groups excluding carboxylic acids is 1. The zero-order chi connectivity index (χ0) is 15.2. The number of benzene rings is 2. The van der Waals surface area contributed by atoms with E-state index in [9.17, 15) is 4.79 Å². The van der Waals surface area contributed by atoms with Crippen molar-refractivity contribution in [1.29, 1.82) is 0 Å². The summed E-state index contributed by atoms with van der Waals surface area (Å²) in [7, 11) is 1.75. The number of rotatable bonds is 4. The van der Waals surface area contributed by atoms with Crippen LogP contribution in [-0.2, 0) is 0 Å². The number of hydrogen-bond donors (Lipinski definition) is 2. The predicted molar refractivity (Wildman–Crippen MR) is 87.5 cm³/mol. The first-order valence-electron chi connectivity index (χ1n) is 6.17. The molecule has 108 valence electrons. The fourth-order valence-electron chi connectivity index (χ4n) is 1.73. The molecule has 0 aliphatic heterocycles. The number of amides is 1. The van der Waals surface area contributed by atoms with Crippen molar-refractivity contribution in [3.8, 4) is 0 Å². The highest BCUT2D eigenvalue weighted by Crippen LogP contribution is 2.19. The highest BCUT2D eigenvalue weighted by atomic mass is 35.5. The Hall–Kier alpha value is -2.04. The fraction of sp³-hybridized carbons (Fsp3) is 0.0667. The molecule has 2 rings (SSSR count). The van der Waals surface area contributed by atoms with Gasteiger partial charge in [0.05, 0.1) is 16.8 Å². The second kappa shape index (κ2) is 7.11. The number of nitrogens with zero attached hydrogens (tertiary/aromatic N) is 1. The van der Waals surface area contributed by atoms with Crippen molar-refractivity contribution in [3.63, 3.8) is 0 Å². The number of anilines is 1. The largest absolute Gasteiger partial charge is 0.387 e. The molecule has 4 nitrogen and oxygen atoms in total. The third kappa shape index (κ3) is 3.97. The van der Waals surface area contributed by atoms with Crippen LogP contribution in [0.25, 0.3) is 0 Å². The zero-order valence-corrected chi connectivity index (χ0v) is 12.7. The first-order valence-corrected chi connectivity index (χ1v) is 6.92. The molecule has 0 saturated heterocycles. The summed E-state index contributed by atoms with van der Waals surface area (Å²) in [6.07, 6.45) is 1.47. The predicted octanol–water partition coefficient (Wildman–Crippen LogP) is 3.80. The maximum atomic E-state index is 12.0. The monoisotopic (exact) mass is 321 g/mol. The highest BCUT2D eigenvalue weighted by molar-refractivity contribution is 6.36. The molecule has 1 amide bonds. The average molecular weight is 322 g/mol. The van der Waals surface area contributed by atoms with Crippen LogP contribution in [0.1, 0.15) is 15.9 Å². The Morgan fingerprint density at radius 1 is 1.19 bits per heavy atom. The Bertz CT molecular complexity index is 686. The Balaban J connectivity index is 2.08. The second-order valence-electron chi connectivity index (χ2n) is 4.16. The summed E-state index contributed by atoms with van der Waals surface area (Å²) in [5.41, 5.74) is 4.38. The first-order chi connectivity index (χ1) is 10.1. The van der Waals surface area contributed by atoms with E-state index in [-0.39, 0.29) is 5.91 Å². The van der Waals surface area contributed by atoms with Crippen molar-refractivity contribution in [1.82, 2.24) is 5.43 Å². The van der Waals surface area contributed by atoms with E-state index in [1.807, 2.05) is 12.1 Å². The summed E-state index contributed by atoms with van der Waals surface area (Å²) < 4.78 is 0. The lowest BCUT2D eigenvalue weighted by Crippen LogP contribution is -2.19. The van der Waals surface area contributed by atoms with E-state index in [4.69, 9.17) is 23.2 Å². The minimum absolute atomic E-state index is 0.304. The average Bonchev–Trinajstić information content (AvgIpc) is 2.49. The van der Waals surface area contributed by atoms with Crippen molar-refractivity contribution in [2.75, 3.05) is 12.4 Å². The van der Waals surface area contributed by atoms with Crippen LogP contribution in [0.5, 0.6) is 0 Å². The molecule has 0 bridgehead atoms. The molecule has 0 radical (unpaired) electrons. The van der Waals surface area contributed by atoms with Gasteiger partial charge in [-0.25, -0.2) is 5.43 Å². The molecular formula is C15H13Cl2N3O. The summed E-state index contributed by atoms with van der Waals surface area (Å²) in [5.74, 6) is -0.304. The summed E-state index contributed by atoms with van der Waals surface area (Å²) >= 11 is 11.8. The van der Waals surface area contributed by atoms with Crippen molar-refractivity contribution in [2.24, 2.45) is 5.10 Å². The topological polar surface area (TPSA) is 53.5 Å². The quantitative estimate of drug-likeness (QED) is 0.664. The molecule has 2 aromatic carbocycles. The molecule has 0 unspecified atom stereocenters. The molecule has 2 aromatic rings. The number of nitrogens with one attached hydrogen (secondary N) is 2. The van der Waals surface area contributed by atoms with E-state index < -0.39 is 0 Å². The lowest BCUT2D eigenvalue weighted by Gasteiger charge is -2.06. The lowest BCUT2D eigenvalue weighted by molar-refractivity contribution is 0.0956. The van der Waals surface area contributed by atoms with Crippen LogP contribution in [0.2, 0.25) is 10.0 Å². The van der Waals surface area contributed by atoms with Crippen LogP contribution in [0, 0.1) is 0 Å². The van der Waals surface area contributed by atoms with Crippen LogP contribution >= 0.6 is 23.2 Å². The number of halogens is 2. The van der Waals surface area contributed by atoms with Gasteiger partial charge in [0.15, 0.2) is 0 Å². The highest BCUT2D eigenvalue weighted by Gasteiger charge is 2.08. The van der Waals surface area contributed by atoms with Gasteiger partial charge in [0.1, 0.15) is 0 Å². The van der Waals surface area contributed by atoms with Crippen molar-refractivity contribution >= 4 is 41.0 Å². The smallest absolute Gasteiger partial charge is 0.273 e. The lowest BCUT2D eigenvalue weighted by atomic mass is 10.1. The molecule has 21 heavy (non-hydrogen) atoms. The van der Waals surface area contributed by atoms with Crippen LogP contribution in [0.15, 0.2) is 47.6 Å². The Kier molecular flexibility index (Phi) is 5.20. The summed E-state index contributed by atoms with van der Waals surface area (Å²) in [6, 6.07) is 12.2. The summed E-state index contributed by atoms with van der Waals surface area (Å²) in [5, 5.41) is 7.87. The summed E-state index contributed by atoms with van der Waals surface area (Å²) in [4.78, 5) is 12.0. The van der Waals surface area contributed by atoms with Gasteiger partial charge in [0, 0.05) is 23.3 Å². The molecule has 0 saturated carbocycles. The van der Waals surface area contributed by atoms with Crippen LogP contribution in [0.3, 0.4) is 0 Å². The van der Waals surface area contributed by atoms with Crippen LogP contribution in [0.4, 0.5) is 5.69 Å². The van der Waals surface area contributed by atoms with E-state index >= 15 is 0 Å². The number of hydrazone groups is 1. The molecule has 0 aliphatic rings. The molecule has 0 aromatic heterocycles. The van der Waals surface area contributed by atoms with Gasteiger partial charge in [-0.2, -0.15) is 5.10 Å². The molecule has 0 fully saturated rings. The van der Waals surface area contributed by atoms with Gasteiger partial charge >= 0.3 is 0 Å². The Morgan fingerprint density at radius 2 is 1.95 bits per heavy atom. The SMILES string of the molecule is CNc1ccccc1C(=O)N/N=C/c1ccc(Cl)cc1Cl. The number of para-hydroxylation sites is 1. The zero-order valence-electron chi connectivity index (χ0n) is 11.2. The van der Waals surface area contributed by atoms with E-state index in [1.54, 1.807) is 37.4 Å².